The highest BCUT2D eigenvalue weighted by Gasteiger charge is 2.31. The van der Waals surface area contributed by atoms with E-state index in [1.807, 2.05) is 60.7 Å². The number of carbonyl (C=O) groups excluding carboxylic acids is 1. The van der Waals surface area contributed by atoms with E-state index in [2.05, 4.69) is 21.0 Å². The van der Waals surface area contributed by atoms with Gasteiger partial charge in [0.25, 0.3) is 5.95 Å². The van der Waals surface area contributed by atoms with Crippen LogP contribution < -0.4 is 11.2 Å². The zero-order chi connectivity index (χ0) is 19.8. The molecule has 2 aromatic heterocycles. The monoisotopic (exact) mass is 401 g/mol. The average Bonchev–Trinajstić information content (AvgIpc) is 3.17. The molecule has 0 bridgehead atoms. The second-order valence-corrected chi connectivity index (χ2v) is 7.46. The Labute approximate surface area is 169 Å². The van der Waals surface area contributed by atoms with Crippen LogP contribution in [-0.4, -0.2) is 31.6 Å². The predicted molar refractivity (Wildman–Crippen MR) is 111 cm³/mol. The minimum absolute atomic E-state index is 0.102. The van der Waals surface area contributed by atoms with Gasteiger partial charge >= 0.3 is 0 Å². The van der Waals surface area contributed by atoms with Crippen molar-refractivity contribution in [3.8, 4) is 0 Å². The minimum atomic E-state index is -0.512. The van der Waals surface area contributed by atoms with Crippen LogP contribution in [-0.2, 0) is 4.79 Å². The van der Waals surface area contributed by atoms with Crippen molar-refractivity contribution in [2.75, 3.05) is 11.2 Å². The van der Waals surface area contributed by atoms with Crippen LogP contribution in [0, 0.1) is 0 Å². The molecule has 0 radical (unpaired) electrons. The summed E-state index contributed by atoms with van der Waals surface area (Å²) >= 11 is 1.48. The summed E-state index contributed by atoms with van der Waals surface area (Å²) in [7, 11) is 0. The molecule has 1 unspecified atom stereocenters. The lowest BCUT2D eigenvalue weighted by Crippen LogP contribution is -2.28. The first-order valence-electron chi connectivity index (χ1n) is 8.87. The summed E-state index contributed by atoms with van der Waals surface area (Å²) in [6.45, 7) is 0. The topological polar surface area (TPSA) is 112 Å². The standard InChI is InChI=1S/C20H15N7OS/c21-20-23-25-26-27(20)24-17-14-10-13-8-4-5-9-16(13)22-19(14)29-18(15(17)11-28)12-6-2-1-3-7-12/h1-11,17,24H,(H2,21,23,26). The van der Waals surface area contributed by atoms with E-state index in [1.165, 1.54) is 16.6 Å². The number of hydrogen-bond donors (Lipinski definition) is 2. The van der Waals surface area contributed by atoms with E-state index in [0.29, 0.717) is 5.57 Å². The largest absolute Gasteiger partial charge is 0.365 e. The SMILES string of the molecule is Nc1nnnn1NC1C(C=O)=C(c2ccccc2)Sc2nc3ccccc3cc21. The van der Waals surface area contributed by atoms with E-state index in [9.17, 15) is 4.79 Å². The van der Waals surface area contributed by atoms with Gasteiger partial charge in [-0.2, -0.15) is 0 Å². The first-order chi connectivity index (χ1) is 14.2. The highest BCUT2D eigenvalue weighted by molar-refractivity contribution is 8.08. The normalized spacial score (nSPS) is 15.9. The summed E-state index contributed by atoms with van der Waals surface area (Å²) in [5.41, 5.74) is 12.3. The Bertz CT molecular complexity index is 1250. The molecule has 2 aromatic carbocycles. The van der Waals surface area contributed by atoms with Crippen molar-refractivity contribution < 1.29 is 4.79 Å². The Morgan fingerprint density at radius 3 is 2.66 bits per heavy atom. The fourth-order valence-electron chi connectivity index (χ4n) is 3.34. The molecule has 5 rings (SSSR count). The predicted octanol–water partition coefficient (Wildman–Crippen LogP) is 2.80. The number of tetrazole rings is 1. The van der Waals surface area contributed by atoms with Gasteiger partial charge in [-0.05, 0) is 28.1 Å². The third-order valence-electron chi connectivity index (χ3n) is 4.71. The number of fused-ring (bicyclic) bond motifs is 2. The van der Waals surface area contributed by atoms with Gasteiger partial charge in [-0.15, -0.1) is 4.79 Å². The van der Waals surface area contributed by atoms with Crippen LogP contribution >= 0.6 is 11.8 Å². The number of thioether (sulfide) groups is 1. The van der Waals surface area contributed by atoms with Gasteiger partial charge in [-0.25, -0.2) is 4.98 Å². The second kappa shape index (κ2) is 7.02. The Balaban J connectivity index is 1.73. The molecule has 0 fully saturated rings. The van der Waals surface area contributed by atoms with Gasteiger partial charge in [0.05, 0.1) is 5.52 Å². The Morgan fingerprint density at radius 2 is 1.90 bits per heavy atom. The minimum Gasteiger partial charge on any atom is -0.365 e. The van der Waals surface area contributed by atoms with Gasteiger partial charge in [-0.3, -0.25) is 10.2 Å². The van der Waals surface area contributed by atoms with Gasteiger partial charge in [0, 0.05) is 21.4 Å². The summed E-state index contributed by atoms with van der Waals surface area (Å²) in [4.78, 5) is 19.2. The number of hydrogen-bond acceptors (Lipinski definition) is 8. The summed E-state index contributed by atoms with van der Waals surface area (Å²) in [6.07, 6.45) is 0.867. The molecule has 0 saturated heterocycles. The number of rotatable bonds is 4. The lowest BCUT2D eigenvalue weighted by Gasteiger charge is -2.28. The number of nitrogens with one attached hydrogen (secondary N) is 1. The maximum absolute atomic E-state index is 12.2. The summed E-state index contributed by atoms with van der Waals surface area (Å²) in [5, 5.41) is 12.9. The average molecular weight is 401 g/mol. The van der Waals surface area contributed by atoms with Crippen molar-refractivity contribution in [2.24, 2.45) is 0 Å². The number of aldehydes is 1. The zero-order valence-electron chi connectivity index (χ0n) is 15.1. The van der Waals surface area contributed by atoms with Crippen LogP contribution in [0.1, 0.15) is 17.2 Å². The lowest BCUT2D eigenvalue weighted by molar-refractivity contribution is -0.105. The van der Waals surface area contributed by atoms with Crippen molar-refractivity contribution in [3.63, 3.8) is 0 Å². The van der Waals surface area contributed by atoms with Gasteiger partial charge in [0.1, 0.15) is 17.4 Å². The van der Waals surface area contributed by atoms with E-state index in [4.69, 9.17) is 10.7 Å². The smallest absolute Gasteiger partial charge is 0.260 e. The number of anilines is 1. The van der Waals surface area contributed by atoms with Gasteiger partial charge in [0.15, 0.2) is 0 Å². The summed E-state index contributed by atoms with van der Waals surface area (Å²) < 4.78 is 0. The van der Waals surface area contributed by atoms with Gasteiger partial charge < -0.3 is 5.73 Å². The molecule has 0 spiro atoms. The van der Waals surface area contributed by atoms with E-state index in [1.54, 1.807) is 0 Å². The Morgan fingerprint density at radius 1 is 1.10 bits per heavy atom. The molecule has 142 valence electrons. The van der Waals surface area contributed by atoms with Crippen LogP contribution in [0.25, 0.3) is 15.8 Å². The van der Waals surface area contributed by atoms with Crippen LogP contribution in [0.3, 0.4) is 0 Å². The van der Waals surface area contributed by atoms with Crippen LogP contribution in [0.4, 0.5) is 5.95 Å². The number of aromatic nitrogens is 5. The molecule has 3 N–H and O–H groups in total. The molecule has 1 aliphatic rings. The molecule has 1 atom stereocenters. The molecule has 0 saturated carbocycles. The van der Waals surface area contributed by atoms with E-state index in [-0.39, 0.29) is 5.95 Å². The molecule has 0 aliphatic carbocycles. The van der Waals surface area contributed by atoms with Crippen molar-refractivity contribution in [1.82, 2.24) is 25.3 Å². The van der Waals surface area contributed by atoms with Crippen LogP contribution in [0.2, 0.25) is 0 Å². The highest BCUT2D eigenvalue weighted by atomic mass is 32.2. The Kier molecular flexibility index (Phi) is 4.21. The highest BCUT2D eigenvalue weighted by Crippen LogP contribution is 2.47. The fraction of sp³-hybridized carbons (Fsp3) is 0.0500. The number of benzene rings is 2. The maximum atomic E-state index is 12.2. The van der Waals surface area contributed by atoms with Crippen molar-refractivity contribution in [3.05, 3.63) is 77.4 Å². The molecule has 8 nitrogen and oxygen atoms in total. The second-order valence-electron chi connectivity index (χ2n) is 6.46. The molecule has 9 heteroatoms. The molecule has 3 heterocycles. The number of nitrogens with zero attached hydrogens (tertiary/aromatic N) is 5. The zero-order valence-corrected chi connectivity index (χ0v) is 15.9. The maximum Gasteiger partial charge on any atom is 0.260 e. The van der Waals surface area contributed by atoms with Crippen LogP contribution in [0.15, 0.2) is 71.3 Å². The molecular formula is C20H15N7OS. The number of nitrogen functional groups attached to an aromatic ring is 1. The molecule has 0 amide bonds. The van der Waals surface area contributed by atoms with Crippen molar-refractivity contribution >= 4 is 39.8 Å². The lowest BCUT2D eigenvalue weighted by atomic mass is 9.97. The molecule has 1 aliphatic heterocycles. The molecule has 29 heavy (non-hydrogen) atoms. The van der Waals surface area contributed by atoms with Gasteiger partial charge in [0.2, 0.25) is 0 Å². The van der Waals surface area contributed by atoms with E-state index in [0.717, 1.165) is 38.2 Å². The van der Waals surface area contributed by atoms with Crippen molar-refractivity contribution in [1.29, 1.82) is 0 Å². The third kappa shape index (κ3) is 3.01. The third-order valence-corrected chi connectivity index (χ3v) is 5.90. The summed E-state index contributed by atoms with van der Waals surface area (Å²) in [5.74, 6) is 0.102. The number of carbonyl (C=O) groups is 1. The Hall–Kier alpha value is -3.72. The number of pyridine rings is 1. The van der Waals surface area contributed by atoms with Gasteiger partial charge in [-0.1, -0.05) is 65.4 Å². The molecular weight excluding hydrogens is 386 g/mol. The molecule has 4 aromatic rings. The quantitative estimate of drug-likeness (QED) is 0.502. The fourth-order valence-corrected chi connectivity index (χ4v) is 4.51. The first kappa shape index (κ1) is 17.4. The van der Waals surface area contributed by atoms with E-state index >= 15 is 0 Å². The van der Waals surface area contributed by atoms with E-state index < -0.39 is 6.04 Å². The van der Waals surface area contributed by atoms with Crippen LogP contribution in [0.5, 0.6) is 0 Å². The number of nitrogens with two attached hydrogens (primary N) is 1. The van der Waals surface area contributed by atoms with Crippen molar-refractivity contribution in [2.45, 2.75) is 11.1 Å². The summed E-state index contributed by atoms with van der Waals surface area (Å²) in [6, 6.07) is 19.2. The number of para-hydroxylation sites is 1. The first-order valence-corrected chi connectivity index (χ1v) is 9.69.